The Balaban J connectivity index is 1.79. The highest BCUT2D eigenvalue weighted by Crippen LogP contribution is 2.26. The minimum atomic E-state index is -5.28. The van der Waals surface area contributed by atoms with Crippen LogP contribution in [0, 0.1) is 29.1 Å². The Bertz CT molecular complexity index is 1170. The smallest absolute Gasteiger partial charge is 0.263 e. The van der Waals surface area contributed by atoms with Gasteiger partial charge in [-0.2, -0.15) is 4.31 Å². The molecule has 1 aromatic carbocycles. The summed E-state index contributed by atoms with van der Waals surface area (Å²) in [5.74, 6) is -12.8. The zero-order chi connectivity index (χ0) is 23.0. The van der Waals surface area contributed by atoms with Gasteiger partial charge in [0.1, 0.15) is 10.7 Å². The van der Waals surface area contributed by atoms with Gasteiger partial charge in [0.25, 0.3) is 10.0 Å². The first-order chi connectivity index (χ1) is 14.5. The van der Waals surface area contributed by atoms with Gasteiger partial charge in [0.05, 0.1) is 13.2 Å². The van der Waals surface area contributed by atoms with Crippen molar-refractivity contribution < 1.29 is 43.5 Å². The molecule has 0 saturated carbocycles. The lowest BCUT2D eigenvalue weighted by Crippen LogP contribution is -2.40. The number of hydrazine groups is 1. The molecule has 170 valence electrons. The van der Waals surface area contributed by atoms with Gasteiger partial charge in [-0.1, -0.05) is 0 Å². The van der Waals surface area contributed by atoms with Crippen LogP contribution in [0.4, 0.5) is 27.8 Å². The van der Waals surface area contributed by atoms with E-state index in [0.29, 0.717) is 0 Å². The van der Waals surface area contributed by atoms with Crippen molar-refractivity contribution in [2.45, 2.75) is 9.79 Å². The Morgan fingerprint density at radius 3 is 1.94 bits per heavy atom. The van der Waals surface area contributed by atoms with E-state index in [4.69, 9.17) is 4.74 Å². The summed E-state index contributed by atoms with van der Waals surface area (Å²) in [5.41, 5.74) is 1.90. The third kappa shape index (κ3) is 4.47. The Hall–Kier alpha value is -2.40. The molecule has 31 heavy (non-hydrogen) atoms. The van der Waals surface area contributed by atoms with Gasteiger partial charge in [-0.15, -0.1) is 4.83 Å². The number of hydrogen-bond acceptors (Lipinski definition) is 7. The van der Waals surface area contributed by atoms with Crippen LogP contribution in [0.2, 0.25) is 0 Å². The summed E-state index contributed by atoms with van der Waals surface area (Å²) in [6.45, 7) is 0.686. The van der Waals surface area contributed by atoms with Crippen molar-refractivity contribution in [3.8, 4) is 0 Å². The number of ether oxygens (including phenoxy) is 1. The molecule has 2 aromatic rings. The predicted octanol–water partition coefficient (Wildman–Crippen LogP) is 1.10. The van der Waals surface area contributed by atoms with E-state index >= 15 is 0 Å². The van der Waals surface area contributed by atoms with Gasteiger partial charge in [-0.05, 0) is 12.1 Å². The number of benzene rings is 1. The number of aromatic nitrogens is 1. The topological polar surface area (TPSA) is 118 Å². The number of nitrogens with zero attached hydrogens (tertiary/aromatic N) is 2. The molecule has 1 saturated heterocycles. The number of morpholine rings is 1. The Morgan fingerprint density at radius 1 is 0.871 bits per heavy atom. The molecule has 0 radical (unpaired) electrons. The summed E-state index contributed by atoms with van der Waals surface area (Å²) in [5, 5.41) is 0. The normalized spacial score (nSPS) is 15.8. The molecule has 1 aromatic heterocycles. The molecule has 2 N–H and O–H groups in total. The zero-order valence-electron chi connectivity index (χ0n) is 15.2. The van der Waals surface area contributed by atoms with Crippen LogP contribution in [0.15, 0.2) is 28.1 Å². The molecule has 0 bridgehead atoms. The molecule has 0 amide bonds. The summed E-state index contributed by atoms with van der Waals surface area (Å²) in [7, 11) is -9.16. The standard InChI is InChI=1S/C15H13F5N4O5S2/c16-10-11(17)13(19)15(14(20)12(10)18)30(25,26)23-22-9-2-1-8(7-21-9)31(27,28)24-3-5-29-6-4-24/h1-2,7,23H,3-6H2,(H,21,22). The fraction of sp³-hybridized carbons (Fsp3) is 0.267. The van der Waals surface area contributed by atoms with Crippen LogP contribution in [-0.2, 0) is 24.8 Å². The van der Waals surface area contributed by atoms with Crippen LogP contribution in [0.1, 0.15) is 0 Å². The number of nitrogens with one attached hydrogen (secondary N) is 2. The van der Waals surface area contributed by atoms with Crippen molar-refractivity contribution >= 4 is 25.9 Å². The molecule has 9 nitrogen and oxygen atoms in total. The van der Waals surface area contributed by atoms with Crippen LogP contribution in [0.25, 0.3) is 0 Å². The largest absolute Gasteiger partial charge is 0.379 e. The molecular weight excluding hydrogens is 475 g/mol. The Labute approximate surface area is 172 Å². The molecule has 0 atom stereocenters. The average Bonchev–Trinajstić information content (AvgIpc) is 2.76. The molecule has 0 spiro atoms. The van der Waals surface area contributed by atoms with Crippen LogP contribution in [-0.4, -0.2) is 52.4 Å². The van der Waals surface area contributed by atoms with Crippen LogP contribution >= 0.6 is 0 Å². The number of pyridine rings is 1. The predicted molar refractivity (Wildman–Crippen MR) is 94.0 cm³/mol. The molecule has 0 aliphatic carbocycles. The number of hydrogen-bond donors (Lipinski definition) is 2. The fourth-order valence-corrected chi connectivity index (χ4v) is 4.88. The molecule has 1 aliphatic heterocycles. The van der Waals surface area contributed by atoms with E-state index in [1.165, 1.54) is 4.83 Å². The summed E-state index contributed by atoms with van der Waals surface area (Å²) in [4.78, 5) is 2.76. The van der Waals surface area contributed by atoms with Crippen molar-refractivity contribution in [3.63, 3.8) is 0 Å². The van der Waals surface area contributed by atoms with E-state index in [9.17, 15) is 38.8 Å². The quantitative estimate of drug-likeness (QED) is 0.271. The van der Waals surface area contributed by atoms with E-state index in [2.05, 4.69) is 4.98 Å². The minimum absolute atomic E-state index is 0.129. The Kier molecular flexibility index (Phi) is 6.47. The van der Waals surface area contributed by atoms with Crippen LogP contribution in [0.3, 0.4) is 0 Å². The molecule has 1 aliphatic rings. The maximum Gasteiger partial charge on any atom is 0.263 e. The summed E-state index contributed by atoms with van der Waals surface area (Å²) in [6, 6.07) is 2.10. The third-order valence-corrected chi connectivity index (χ3v) is 7.24. The molecule has 0 unspecified atom stereocenters. The first kappa shape index (κ1) is 23.3. The lowest BCUT2D eigenvalue weighted by atomic mass is 10.3. The van der Waals surface area contributed by atoms with Gasteiger partial charge in [0.15, 0.2) is 28.2 Å². The Morgan fingerprint density at radius 2 is 1.42 bits per heavy atom. The second kappa shape index (κ2) is 8.62. The molecular formula is C15H13F5N4O5S2. The van der Waals surface area contributed by atoms with E-state index in [1.807, 2.05) is 5.43 Å². The average molecular weight is 488 g/mol. The first-order valence-electron chi connectivity index (χ1n) is 8.30. The highest BCUT2D eigenvalue weighted by molar-refractivity contribution is 7.89. The highest BCUT2D eigenvalue weighted by Gasteiger charge is 2.33. The summed E-state index contributed by atoms with van der Waals surface area (Å²) >= 11 is 0. The molecule has 3 rings (SSSR count). The number of halogens is 5. The fourth-order valence-electron chi connectivity index (χ4n) is 2.53. The second-order valence-corrected chi connectivity index (χ2v) is 9.58. The monoisotopic (exact) mass is 488 g/mol. The molecule has 16 heteroatoms. The zero-order valence-corrected chi connectivity index (χ0v) is 16.8. The first-order valence-corrected chi connectivity index (χ1v) is 11.2. The number of anilines is 1. The molecule has 2 heterocycles. The SMILES string of the molecule is O=S(=O)(NNc1ccc(S(=O)(=O)N2CCOCC2)cn1)c1c(F)c(F)c(F)c(F)c1F. The van der Waals surface area contributed by atoms with Gasteiger partial charge >= 0.3 is 0 Å². The third-order valence-electron chi connectivity index (χ3n) is 4.10. The van der Waals surface area contributed by atoms with Gasteiger partial charge < -0.3 is 4.74 Å². The van der Waals surface area contributed by atoms with Crippen LogP contribution < -0.4 is 10.3 Å². The van der Waals surface area contributed by atoms with E-state index < -0.39 is 54.0 Å². The minimum Gasteiger partial charge on any atom is -0.379 e. The summed E-state index contributed by atoms with van der Waals surface area (Å²) in [6.07, 6.45) is 0.889. The van der Waals surface area contributed by atoms with Gasteiger partial charge in [-0.3, -0.25) is 5.43 Å². The second-order valence-electron chi connectivity index (χ2n) is 6.03. The van der Waals surface area contributed by atoms with Crippen molar-refractivity contribution in [1.29, 1.82) is 0 Å². The summed E-state index contributed by atoms with van der Waals surface area (Å²) < 4.78 is 122. The molecule has 1 fully saturated rings. The lowest BCUT2D eigenvalue weighted by Gasteiger charge is -2.25. The van der Waals surface area contributed by atoms with E-state index in [1.54, 1.807) is 0 Å². The lowest BCUT2D eigenvalue weighted by molar-refractivity contribution is 0.0730. The van der Waals surface area contributed by atoms with Crippen LogP contribution in [0.5, 0.6) is 0 Å². The van der Waals surface area contributed by atoms with Gasteiger partial charge in [0, 0.05) is 19.3 Å². The highest BCUT2D eigenvalue weighted by atomic mass is 32.2. The maximum absolute atomic E-state index is 13.7. The van der Waals surface area contributed by atoms with Gasteiger partial charge in [-0.25, -0.2) is 43.8 Å². The number of rotatable bonds is 6. The van der Waals surface area contributed by atoms with Crippen molar-refractivity contribution in [1.82, 2.24) is 14.1 Å². The van der Waals surface area contributed by atoms with Gasteiger partial charge in [0.2, 0.25) is 15.8 Å². The van der Waals surface area contributed by atoms with E-state index in [0.717, 1.165) is 22.6 Å². The van der Waals surface area contributed by atoms with Crippen molar-refractivity contribution in [2.75, 3.05) is 31.7 Å². The maximum atomic E-state index is 13.7. The van der Waals surface area contributed by atoms with E-state index in [-0.39, 0.29) is 37.0 Å². The number of sulfonamides is 2. The van der Waals surface area contributed by atoms with Crippen molar-refractivity contribution in [3.05, 3.63) is 47.4 Å². The van der Waals surface area contributed by atoms with Crippen molar-refractivity contribution in [2.24, 2.45) is 0 Å².